The minimum atomic E-state index is -1.69. The number of H-pyrrole nitrogens is 1. The first-order chi connectivity index (χ1) is 8.45. The predicted molar refractivity (Wildman–Crippen MR) is 56.4 cm³/mol. The van der Waals surface area contributed by atoms with Gasteiger partial charge in [0.2, 0.25) is 5.82 Å². The maximum Gasteiger partial charge on any atom is 0.328 e. The van der Waals surface area contributed by atoms with E-state index in [1.54, 1.807) is 4.98 Å². The van der Waals surface area contributed by atoms with Gasteiger partial charge in [-0.1, -0.05) is 0 Å². The van der Waals surface area contributed by atoms with Crippen molar-refractivity contribution in [2.75, 3.05) is 6.61 Å². The van der Waals surface area contributed by atoms with Gasteiger partial charge in [0.05, 0.1) is 24.9 Å². The number of aliphatic hydroxyl groups excluding tert-OH is 2. The van der Waals surface area contributed by atoms with Gasteiger partial charge in [-0.05, 0) is 6.42 Å². The Labute approximate surface area is 99.5 Å². The standard InChI is InChI=1S/C10H12F2N2O4/c11-5-2-14(10(18)13-9(5)17)6-1-7(16)4(3-15)8(6)12/h2,4,6-8,15-16H,1,3H2,(H,13,17,18). The third kappa shape index (κ3) is 1.97. The number of rotatable bonds is 2. The molecule has 6 nitrogen and oxygen atoms in total. The Morgan fingerprint density at radius 3 is 2.72 bits per heavy atom. The highest BCUT2D eigenvalue weighted by Crippen LogP contribution is 2.36. The largest absolute Gasteiger partial charge is 0.396 e. The fourth-order valence-corrected chi connectivity index (χ4v) is 2.25. The van der Waals surface area contributed by atoms with Crippen LogP contribution in [0, 0.1) is 11.7 Å². The summed E-state index contributed by atoms with van der Waals surface area (Å²) < 4.78 is 27.7. The molecule has 1 aromatic heterocycles. The van der Waals surface area contributed by atoms with E-state index >= 15 is 0 Å². The molecule has 1 fully saturated rings. The van der Waals surface area contributed by atoms with Crippen molar-refractivity contribution in [2.45, 2.75) is 24.7 Å². The van der Waals surface area contributed by atoms with Crippen LogP contribution in [-0.2, 0) is 0 Å². The lowest BCUT2D eigenvalue weighted by molar-refractivity contribution is 0.0591. The molecule has 2 rings (SSSR count). The monoisotopic (exact) mass is 262 g/mol. The molecule has 0 bridgehead atoms. The highest BCUT2D eigenvalue weighted by molar-refractivity contribution is 4.98. The first-order valence-corrected chi connectivity index (χ1v) is 5.39. The molecule has 0 radical (unpaired) electrons. The summed E-state index contributed by atoms with van der Waals surface area (Å²) in [7, 11) is 0. The van der Waals surface area contributed by atoms with Crippen LogP contribution in [0.5, 0.6) is 0 Å². The zero-order chi connectivity index (χ0) is 13.4. The topological polar surface area (TPSA) is 95.3 Å². The van der Waals surface area contributed by atoms with Crippen LogP contribution in [0.15, 0.2) is 15.8 Å². The van der Waals surface area contributed by atoms with Gasteiger partial charge < -0.3 is 10.2 Å². The van der Waals surface area contributed by atoms with Gasteiger partial charge in [-0.25, -0.2) is 9.18 Å². The molecule has 1 aliphatic rings. The summed E-state index contributed by atoms with van der Waals surface area (Å²) in [5.41, 5.74) is -2.12. The second-order valence-electron chi connectivity index (χ2n) is 4.30. The summed E-state index contributed by atoms with van der Waals surface area (Å²) in [5.74, 6) is -2.22. The Bertz CT molecular complexity index is 556. The first-order valence-electron chi connectivity index (χ1n) is 5.39. The van der Waals surface area contributed by atoms with Gasteiger partial charge in [0.15, 0.2) is 0 Å². The third-order valence-corrected chi connectivity index (χ3v) is 3.25. The molecule has 18 heavy (non-hydrogen) atoms. The van der Waals surface area contributed by atoms with E-state index in [0.717, 1.165) is 0 Å². The fourth-order valence-electron chi connectivity index (χ4n) is 2.25. The summed E-state index contributed by atoms with van der Waals surface area (Å²) >= 11 is 0. The predicted octanol–water partition coefficient (Wildman–Crippen LogP) is -1.07. The number of hydrogen-bond acceptors (Lipinski definition) is 4. The van der Waals surface area contributed by atoms with Crippen molar-refractivity contribution >= 4 is 0 Å². The normalized spacial score (nSPS) is 31.8. The van der Waals surface area contributed by atoms with Crippen LogP contribution in [0.4, 0.5) is 8.78 Å². The van der Waals surface area contributed by atoms with Crippen molar-refractivity contribution in [2.24, 2.45) is 5.92 Å². The molecule has 1 heterocycles. The highest BCUT2D eigenvalue weighted by Gasteiger charge is 2.44. The fraction of sp³-hybridized carbons (Fsp3) is 0.600. The number of aliphatic hydroxyl groups is 2. The van der Waals surface area contributed by atoms with Crippen molar-refractivity contribution in [3.8, 4) is 0 Å². The molecule has 0 spiro atoms. The number of alkyl halides is 1. The summed E-state index contributed by atoms with van der Waals surface area (Å²) in [4.78, 5) is 24.0. The van der Waals surface area contributed by atoms with Crippen LogP contribution in [0.1, 0.15) is 12.5 Å². The number of hydrogen-bond donors (Lipinski definition) is 3. The molecule has 1 saturated carbocycles. The lowest BCUT2D eigenvalue weighted by atomic mass is 10.1. The molecule has 100 valence electrons. The summed E-state index contributed by atoms with van der Waals surface area (Å²) in [6, 6.07) is -1.10. The van der Waals surface area contributed by atoms with Crippen molar-refractivity contribution in [3.63, 3.8) is 0 Å². The smallest absolute Gasteiger partial charge is 0.328 e. The van der Waals surface area contributed by atoms with E-state index in [4.69, 9.17) is 5.11 Å². The molecule has 0 aromatic carbocycles. The van der Waals surface area contributed by atoms with Crippen LogP contribution in [0.2, 0.25) is 0 Å². The quantitative estimate of drug-likeness (QED) is 0.632. The number of aromatic amines is 1. The van der Waals surface area contributed by atoms with E-state index in [-0.39, 0.29) is 6.42 Å². The zero-order valence-electron chi connectivity index (χ0n) is 9.22. The van der Waals surface area contributed by atoms with Gasteiger partial charge in [-0.15, -0.1) is 0 Å². The average molecular weight is 262 g/mol. The maximum absolute atomic E-state index is 13.9. The van der Waals surface area contributed by atoms with Gasteiger partial charge in [-0.2, -0.15) is 4.39 Å². The minimum absolute atomic E-state index is 0.127. The van der Waals surface area contributed by atoms with Gasteiger partial charge >= 0.3 is 5.69 Å². The summed E-state index contributed by atoms with van der Waals surface area (Å²) in [5, 5.41) is 18.4. The lowest BCUT2D eigenvalue weighted by Crippen LogP contribution is -2.36. The highest BCUT2D eigenvalue weighted by atomic mass is 19.1. The van der Waals surface area contributed by atoms with E-state index in [9.17, 15) is 23.5 Å². The maximum atomic E-state index is 13.9. The number of nitrogens with one attached hydrogen (secondary N) is 1. The molecular formula is C10H12F2N2O4. The molecule has 0 saturated heterocycles. The van der Waals surface area contributed by atoms with E-state index in [0.29, 0.717) is 10.8 Å². The van der Waals surface area contributed by atoms with Crippen molar-refractivity contribution in [1.29, 1.82) is 0 Å². The van der Waals surface area contributed by atoms with Gasteiger partial charge in [0, 0.05) is 5.92 Å². The van der Waals surface area contributed by atoms with Crippen LogP contribution in [-0.4, -0.2) is 38.6 Å². The van der Waals surface area contributed by atoms with Crippen LogP contribution >= 0.6 is 0 Å². The molecule has 3 N–H and O–H groups in total. The Balaban J connectivity index is 2.42. The summed E-state index contributed by atoms with van der Waals surface area (Å²) in [6.45, 7) is -0.570. The molecule has 0 amide bonds. The lowest BCUT2D eigenvalue weighted by Gasteiger charge is -2.17. The number of halogens is 2. The van der Waals surface area contributed by atoms with Crippen molar-refractivity contribution in [3.05, 3.63) is 32.9 Å². The SMILES string of the molecule is O=c1[nH]c(=O)n(C2CC(O)C(CO)C2F)cc1F. The molecule has 1 aliphatic carbocycles. The Morgan fingerprint density at radius 2 is 2.17 bits per heavy atom. The van der Waals surface area contributed by atoms with Crippen molar-refractivity contribution < 1.29 is 19.0 Å². The second kappa shape index (κ2) is 4.62. The van der Waals surface area contributed by atoms with Gasteiger partial charge in [0.25, 0.3) is 5.56 Å². The molecule has 4 atom stereocenters. The number of nitrogens with zero attached hydrogens (tertiary/aromatic N) is 1. The zero-order valence-corrected chi connectivity index (χ0v) is 9.22. The van der Waals surface area contributed by atoms with E-state index in [1.807, 2.05) is 0 Å². The second-order valence-corrected chi connectivity index (χ2v) is 4.30. The molecule has 1 aromatic rings. The van der Waals surface area contributed by atoms with Gasteiger partial charge in [0.1, 0.15) is 6.17 Å². The molecule has 0 aliphatic heterocycles. The Morgan fingerprint density at radius 1 is 1.50 bits per heavy atom. The Kier molecular flexibility index (Phi) is 3.31. The first kappa shape index (κ1) is 12.9. The number of aromatic nitrogens is 2. The van der Waals surface area contributed by atoms with E-state index in [2.05, 4.69) is 0 Å². The van der Waals surface area contributed by atoms with Crippen LogP contribution < -0.4 is 11.2 Å². The summed E-state index contributed by atoms with van der Waals surface area (Å²) in [6.07, 6.45) is -2.31. The third-order valence-electron chi connectivity index (χ3n) is 3.25. The van der Waals surface area contributed by atoms with E-state index in [1.165, 1.54) is 0 Å². The minimum Gasteiger partial charge on any atom is -0.396 e. The molecule has 4 unspecified atom stereocenters. The molecular weight excluding hydrogens is 250 g/mol. The Hall–Kier alpha value is -1.54. The van der Waals surface area contributed by atoms with E-state index < -0.39 is 47.9 Å². The van der Waals surface area contributed by atoms with Gasteiger partial charge in [-0.3, -0.25) is 14.3 Å². The van der Waals surface area contributed by atoms with Crippen LogP contribution in [0.3, 0.4) is 0 Å². The molecule has 8 heteroatoms. The van der Waals surface area contributed by atoms with Crippen LogP contribution in [0.25, 0.3) is 0 Å². The van der Waals surface area contributed by atoms with Crippen molar-refractivity contribution in [1.82, 2.24) is 9.55 Å². The average Bonchev–Trinajstić information content (AvgIpc) is 2.59.